The molecule has 5 nitrogen and oxygen atoms in total. The average Bonchev–Trinajstić information content (AvgIpc) is 2.49. The molecular weight excluding hydrogens is 286 g/mol. The number of nitro groups is 1. The summed E-state index contributed by atoms with van der Waals surface area (Å²) in [5.41, 5.74) is -0.00818. The predicted molar refractivity (Wildman–Crippen MR) is 79.3 cm³/mol. The normalized spacial score (nSPS) is 19.0. The quantitative estimate of drug-likeness (QED) is 0.476. The minimum Gasteiger partial charge on any atom is -0.355 e. The Kier molecular flexibility index (Phi) is 4.20. The first-order chi connectivity index (χ1) is 8.87. The van der Waals surface area contributed by atoms with E-state index < -0.39 is 4.92 Å². The first-order valence-corrected chi connectivity index (χ1v) is 7.45. The van der Waals surface area contributed by atoms with Crippen molar-refractivity contribution in [2.24, 2.45) is 0 Å². The summed E-state index contributed by atoms with van der Waals surface area (Å²) in [6.07, 6.45) is 1.01. The van der Waals surface area contributed by atoms with Crippen molar-refractivity contribution < 1.29 is 4.92 Å². The number of halogens is 1. The van der Waals surface area contributed by atoms with Crippen LogP contribution in [-0.2, 0) is 0 Å². The predicted octanol–water partition coefficient (Wildman–Crippen LogP) is 3.37. The van der Waals surface area contributed by atoms with Gasteiger partial charge in [0.15, 0.2) is 0 Å². The van der Waals surface area contributed by atoms with Crippen molar-refractivity contribution in [2.45, 2.75) is 25.0 Å². The molecule has 1 aliphatic heterocycles. The van der Waals surface area contributed by atoms with Crippen molar-refractivity contribution in [3.05, 3.63) is 27.4 Å². The van der Waals surface area contributed by atoms with Gasteiger partial charge in [-0.2, -0.15) is 11.8 Å². The van der Waals surface area contributed by atoms with Crippen molar-refractivity contribution in [3.8, 4) is 0 Å². The topological polar surface area (TPSA) is 59.3 Å². The molecule has 2 rings (SSSR count). The highest BCUT2D eigenvalue weighted by Gasteiger charge is 2.25. The lowest BCUT2D eigenvalue weighted by Gasteiger charge is -2.23. The van der Waals surface area contributed by atoms with Crippen LogP contribution < -0.4 is 4.90 Å². The van der Waals surface area contributed by atoms with Crippen LogP contribution in [0.1, 0.15) is 20.3 Å². The summed E-state index contributed by atoms with van der Waals surface area (Å²) in [7, 11) is 0. The van der Waals surface area contributed by atoms with E-state index in [-0.39, 0.29) is 15.6 Å². The Hall–Kier alpha value is -1.01. The number of pyridine rings is 1. The van der Waals surface area contributed by atoms with Crippen LogP contribution in [0.5, 0.6) is 0 Å². The van der Waals surface area contributed by atoms with Gasteiger partial charge in [0.1, 0.15) is 11.0 Å². The average molecular weight is 302 g/mol. The molecule has 19 heavy (non-hydrogen) atoms. The fourth-order valence-corrected chi connectivity index (χ4v) is 3.29. The number of hydrogen-bond acceptors (Lipinski definition) is 5. The van der Waals surface area contributed by atoms with Gasteiger partial charge < -0.3 is 4.90 Å². The summed E-state index contributed by atoms with van der Waals surface area (Å²) in [6.45, 7) is 6.10. The zero-order chi connectivity index (χ0) is 14.0. The highest BCUT2D eigenvalue weighted by molar-refractivity contribution is 8.00. The molecule has 0 radical (unpaired) electrons. The maximum Gasteiger partial charge on any atom is 0.276 e. The molecule has 0 aliphatic carbocycles. The molecule has 0 N–H and O–H groups in total. The summed E-state index contributed by atoms with van der Waals surface area (Å²) < 4.78 is 0.235. The summed E-state index contributed by atoms with van der Waals surface area (Å²) in [6, 6.07) is 2.77. The number of hydrogen-bond donors (Lipinski definition) is 0. The lowest BCUT2D eigenvalue weighted by Crippen LogP contribution is -2.27. The SMILES string of the molecule is CC1(C)CCN(c2cc([N+](=O)[O-])cc(Cl)n2)CCS1. The molecule has 0 aromatic carbocycles. The molecule has 104 valence electrons. The van der Waals surface area contributed by atoms with E-state index in [1.165, 1.54) is 12.1 Å². The van der Waals surface area contributed by atoms with Crippen molar-refractivity contribution in [3.63, 3.8) is 0 Å². The van der Waals surface area contributed by atoms with Crippen LogP contribution in [-0.4, -0.2) is 33.5 Å². The minimum atomic E-state index is -0.437. The number of thioether (sulfide) groups is 1. The molecule has 1 aromatic heterocycles. The van der Waals surface area contributed by atoms with Crippen LogP contribution in [0.25, 0.3) is 0 Å². The molecule has 0 spiro atoms. The Labute approximate surface area is 121 Å². The maximum absolute atomic E-state index is 10.9. The molecule has 1 aliphatic rings. The van der Waals surface area contributed by atoms with E-state index in [2.05, 4.69) is 23.7 Å². The van der Waals surface area contributed by atoms with Crippen LogP contribution in [0.3, 0.4) is 0 Å². The maximum atomic E-state index is 10.9. The summed E-state index contributed by atoms with van der Waals surface area (Å²) in [4.78, 5) is 16.7. The standard InChI is InChI=1S/C12H16ClN3O2S/c1-12(2)3-4-15(5-6-19-12)11-8-9(16(17)18)7-10(13)14-11/h7-8H,3-6H2,1-2H3. The third-order valence-corrected chi connectivity index (χ3v) is 4.70. The van der Waals surface area contributed by atoms with Gasteiger partial charge >= 0.3 is 0 Å². The van der Waals surface area contributed by atoms with Crippen molar-refractivity contribution in [1.82, 2.24) is 4.98 Å². The zero-order valence-electron chi connectivity index (χ0n) is 10.9. The molecule has 0 atom stereocenters. The number of nitrogens with zero attached hydrogens (tertiary/aromatic N) is 3. The Morgan fingerprint density at radius 1 is 1.47 bits per heavy atom. The molecule has 0 unspecified atom stereocenters. The van der Waals surface area contributed by atoms with E-state index in [1.807, 2.05) is 11.8 Å². The Balaban J connectivity index is 2.24. The van der Waals surface area contributed by atoms with Crippen LogP contribution >= 0.6 is 23.4 Å². The summed E-state index contributed by atoms with van der Waals surface area (Å²) >= 11 is 7.78. The second-order valence-corrected chi connectivity index (χ2v) is 7.30. The molecule has 0 amide bonds. The van der Waals surface area contributed by atoms with E-state index in [0.717, 1.165) is 25.3 Å². The Morgan fingerprint density at radius 3 is 2.89 bits per heavy atom. The number of anilines is 1. The van der Waals surface area contributed by atoms with Crippen LogP contribution in [0.15, 0.2) is 12.1 Å². The molecule has 1 saturated heterocycles. The van der Waals surface area contributed by atoms with Gasteiger partial charge in [-0.15, -0.1) is 0 Å². The lowest BCUT2D eigenvalue weighted by atomic mass is 10.1. The second kappa shape index (κ2) is 5.54. The first-order valence-electron chi connectivity index (χ1n) is 6.08. The molecule has 1 fully saturated rings. The highest BCUT2D eigenvalue weighted by atomic mass is 35.5. The second-order valence-electron chi connectivity index (χ2n) is 5.11. The molecule has 7 heteroatoms. The van der Waals surface area contributed by atoms with Gasteiger partial charge in [-0.3, -0.25) is 10.1 Å². The molecule has 1 aromatic rings. The van der Waals surface area contributed by atoms with Crippen LogP contribution in [0.4, 0.5) is 11.5 Å². The first kappa shape index (κ1) is 14.4. The Morgan fingerprint density at radius 2 is 2.21 bits per heavy atom. The number of rotatable bonds is 2. The summed E-state index contributed by atoms with van der Waals surface area (Å²) in [5.74, 6) is 1.58. The lowest BCUT2D eigenvalue weighted by molar-refractivity contribution is -0.384. The van der Waals surface area contributed by atoms with E-state index in [4.69, 9.17) is 11.6 Å². The van der Waals surface area contributed by atoms with Gasteiger partial charge in [0, 0.05) is 23.6 Å². The fraction of sp³-hybridized carbons (Fsp3) is 0.583. The van der Waals surface area contributed by atoms with Gasteiger partial charge in [-0.1, -0.05) is 25.4 Å². The van der Waals surface area contributed by atoms with Crippen molar-refractivity contribution in [2.75, 3.05) is 23.7 Å². The van der Waals surface area contributed by atoms with Gasteiger partial charge in [0.25, 0.3) is 5.69 Å². The third kappa shape index (κ3) is 3.73. The smallest absolute Gasteiger partial charge is 0.276 e. The number of aromatic nitrogens is 1. The summed E-state index contributed by atoms with van der Waals surface area (Å²) in [5, 5.41) is 11.0. The van der Waals surface area contributed by atoms with Crippen molar-refractivity contribution in [1.29, 1.82) is 0 Å². The zero-order valence-corrected chi connectivity index (χ0v) is 12.5. The monoisotopic (exact) mass is 301 g/mol. The van der Waals surface area contributed by atoms with Gasteiger partial charge in [-0.25, -0.2) is 4.98 Å². The highest BCUT2D eigenvalue weighted by Crippen LogP contribution is 2.33. The van der Waals surface area contributed by atoms with Crippen molar-refractivity contribution >= 4 is 34.9 Å². The van der Waals surface area contributed by atoms with E-state index in [0.29, 0.717) is 5.82 Å². The largest absolute Gasteiger partial charge is 0.355 e. The van der Waals surface area contributed by atoms with E-state index >= 15 is 0 Å². The van der Waals surface area contributed by atoms with Crippen LogP contribution in [0.2, 0.25) is 5.15 Å². The Bertz CT molecular complexity index is 496. The fourth-order valence-electron chi connectivity index (χ4n) is 1.99. The van der Waals surface area contributed by atoms with Gasteiger partial charge in [-0.05, 0) is 6.42 Å². The van der Waals surface area contributed by atoms with Crippen LogP contribution in [0, 0.1) is 10.1 Å². The van der Waals surface area contributed by atoms with Gasteiger partial charge in [0.2, 0.25) is 0 Å². The minimum absolute atomic E-state index is 0.00818. The van der Waals surface area contributed by atoms with Gasteiger partial charge in [0.05, 0.1) is 17.1 Å². The van der Waals surface area contributed by atoms with E-state index in [1.54, 1.807) is 0 Å². The third-order valence-electron chi connectivity index (χ3n) is 3.14. The molecule has 0 bridgehead atoms. The molecule has 2 heterocycles. The molecule has 0 saturated carbocycles. The van der Waals surface area contributed by atoms with E-state index in [9.17, 15) is 10.1 Å². The molecular formula is C12H16ClN3O2S.